The van der Waals surface area contributed by atoms with Gasteiger partial charge in [0.15, 0.2) is 6.33 Å². The van der Waals surface area contributed by atoms with Crippen molar-refractivity contribution >= 4 is 11.8 Å². The Bertz CT molecular complexity index is 330. The Morgan fingerprint density at radius 3 is 2.75 bits per heavy atom. The highest BCUT2D eigenvalue weighted by Crippen LogP contribution is 2.22. The van der Waals surface area contributed by atoms with Crippen LogP contribution in [0.5, 0.6) is 0 Å². The topological polar surface area (TPSA) is 41.6 Å². The summed E-state index contributed by atoms with van der Waals surface area (Å²) in [6.45, 7) is 0. The van der Waals surface area contributed by atoms with Gasteiger partial charge in [0.1, 0.15) is 0 Å². The minimum absolute atomic E-state index is 0.696. The van der Waals surface area contributed by atoms with E-state index < -0.39 is 0 Å². The van der Waals surface area contributed by atoms with E-state index in [2.05, 4.69) is 21.5 Å². The van der Waals surface area contributed by atoms with Gasteiger partial charge < -0.3 is 0 Å². The average molecular weight is 176 g/mol. The molecule has 2 aromatic rings. The van der Waals surface area contributed by atoms with Crippen molar-refractivity contribution in [1.29, 1.82) is 0 Å². The maximum atomic E-state index is 3.88. The van der Waals surface area contributed by atoms with Crippen LogP contribution >= 0.6 is 11.8 Å². The van der Waals surface area contributed by atoms with Crippen molar-refractivity contribution in [2.75, 3.05) is 0 Å². The summed E-state index contributed by atoms with van der Waals surface area (Å²) in [6.07, 6.45) is 2.54. The van der Waals surface area contributed by atoms with Crippen LogP contribution in [0.1, 0.15) is 0 Å². The molecular formula is C8H6N3S. The number of aromatic amines is 1. The first-order valence-electron chi connectivity index (χ1n) is 3.46. The quantitative estimate of drug-likeness (QED) is 0.758. The van der Waals surface area contributed by atoms with Gasteiger partial charge in [0, 0.05) is 4.90 Å². The molecule has 1 aromatic heterocycles. The number of nitrogens with one attached hydrogen (secondary N) is 1. The van der Waals surface area contributed by atoms with E-state index >= 15 is 0 Å². The van der Waals surface area contributed by atoms with Crippen LogP contribution < -0.4 is 0 Å². The first-order chi connectivity index (χ1) is 5.95. The fourth-order valence-corrected chi connectivity index (χ4v) is 1.50. The van der Waals surface area contributed by atoms with Gasteiger partial charge in [0.25, 0.3) is 0 Å². The van der Waals surface area contributed by atoms with Crippen LogP contribution in [-0.2, 0) is 0 Å². The molecule has 0 unspecified atom stereocenters. The lowest BCUT2D eigenvalue weighted by atomic mass is 10.4. The molecule has 59 valence electrons. The van der Waals surface area contributed by atoms with E-state index in [1.54, 1.807) is 0 Å². The molecule has 4 heteroatoms. The number of nitrogens with zero attached hydrogens (tertiary/aromatic N) is 2. The van der Waals surface area contributed by atoms with Crippen LogP contribution in [0.3, 0.4) is 0 Å². The SMILES string of the molecule is [c]1nc(Sc2ccccc2)n[nH]1. The van der Waals surface area contributed by atoms with Gasteiger partial charge in [-0.25, -0.2) is 0 Å². The number of H-pyrrole nitrogens is 1. The van der Waals surface area contributed by atoms with Gasteiger partial charge in [-0.3, -0.25) is 5.10 Å². The van der Waals surface area contributed by atoms with Crippen LogP contribution in [0.25, 0.3) is 0 Å². The number of hydrogen-bond acceptors (Lipinski definition) is 3. The molecule has 1 heterocycles. The Balaban J connectivity index is 2.15. The van der Waals surface area contributed by atoms with Crippen LogP contribution in [0.2, 0.25) is 0 Å². The molecule has 0 spiro atoms. The highest BCUT2D eigenvalue weighted by molar-refractivity contribution is 7.99. The second-order valence-corrected chi connectivity index (χ2v) is 3.19. The van der Waals surface area contributed by atoms with Gasteiger partial charge in [-0.2, -0.15) is 4.98 Å². The summed E-state index contributed by atoms with van der Waals surface area (Å²) in [5, 5.41) is 7.12. The van der Waals surface area contributed by atoms with Crippen molar-refractivity contribution in [2.45, 2.75) is 10.1 Å². The molecule has 0 aliphatic rings. The molecule has 2 rings (SSSR count). The lowest BCUT2D eigenvalue weighted by Crippen LogP contribution is -1.74. The van der Waals surface area contributed by atoms with E-state index in [1.807, 2.05) is 30.3 Å². The van der Waals surface area contributed by atoms with Crippen molar-refractivity contribution in [3.05, 3.63) is 36.7 Å². The number of benzene rings is 1. The largest absolute Gasteiger partial charge is 0.255 e. The highest BCUT2D eigenvalue weighted by Gasteiger charge is 1.98. The minimum Gasteiger partial charge on any atom is -0.255 e. The van der Waals surface area contributed by atoms with Crippen LogP contribution in [-0.4, -0.2) is 15.2 Å². The number of hydrogen-bond donors (Lipinski definition) is 1. The Labute approximate surface area is 74.2 Å². The number of rotatable bonds is 2. The molecule has 0 bridgehead atoms. The zero-order valence-corrected chi connectivity index (χ0v) is 7.01. The molecule has 0 amide bonds. The monoisotopic (exact) mass is 176 g/mol. The van der Waals surface area contributed by atoms with Crippen LogP contribution in [0.15, 0.2) is 40.4 Å². The Hall–Kier alpha value is -1.29. The van der Waals surface area contributed by atoms with Gasteiger partial charge in [-0.1, -0.05) is 18.2 Å². The van der Waals surface area contributed by atoms with E-state index in [0.29, 0.717) is 5.16 Å². The Morgan fingerprint density at radius 2 is 2.08 bits per heavy atom. The van der Waals surface area contributed by atoms with Gasteiger partial charge in [0.05, 0.1) is 0 Å². The normalized spacial score (nSPS) is 10.0. The van der Waals surface area contributed by atoms with E-state index in [-0.39, 0.29) is 0 Å². The molecule has 1 radical (unpaired) electrons. The summed E-state index contributed by atoms with van der Waals surface area (Å²) in [5.41, 5.74) is 0. The minimum atomic E-state index is 0.696. The zero-order chi connectivity index (χ0) is 8.23. The first-order valence-corrected chi connectivity index (χ1v) is 4.28. The molecule has 0 saturated carbocycles. The van der Waals surface area contributed by atoms with Crippen molar-refractivity contribution in [1.82, 2.24) is 15.2 Å². The standard InChI is InChI=1S/C8H6N3S/c1-2-4-7(5-3-1)12-8-9-6-10-11-8/h1-5H,(H,9,10,11). The molecule has 0 aliphatic heterocycles. The predicted octanol–water partition coefficient (Wildman–Crippen LogP) is 1.76. The average Bonchev–Trinajstić information content (AvgIpc) is 2.59. The lowest BCUT2D eigenvalue weighted by Gasteiger charge is -1.93. The molecular weight excluding hydrogens is 170 g/mol. The fraction of sp³-hybridized carbons (Fsp3) is 0. The second-order valence-electron chi connectivity index (χ2n) is 2.14. The van der Waals surface area contributed by atoms with Gasteiger partial charge in [0.2, 0.25) is 5.16 Å². The maximum Gasteiger partial charge on any atom is 0.213 e. The lowest BCUT2D eigenvalue weighted by molar-refractivity contribution is 0.973. The molecule has 12 heavy (non-hydrogen) atoms. The fourth-order valence-electron chi connectivity index (χ4n) is 0.810. The highest BCUT2D eigenvalue weighted by atomic mass is 32.2. The molecule has 0 atom stereocenters. The summed E-state index contributed by atoms with van der Waals surface area (Å²) in [5.74, 6) is 0. The third-order valence-corrected chi connectivity index (χ3v) is 2.18. The summed E-state index contributed by atoms with van der Waals surface area (Å²) in [4.78, 5) is 5.01. The maximum absolute atomic E-state index is 3.88. The van der Waals surface area contributed by atoms with Gasteiger partial charge in [-0.15, -0.1) is 5.10 Å². The third-order valence-electron chi connectivity index (χ3n) is 1.31. The summed E-state index contributed by atoms with van der Waals surface area (Å²) >= 11 is 1.51. The van der Waals surface area contributed by atoms with Gasteiger partial charge >= 0.3 is 0 Å². The zero-order valence-electron chi connectivity index (χ0n) is 6.19. The Morgan fingerprint density at radius 1 is 1.25 bits per heavy atom. The molecule has 0 saturated heterocycles. The Kier molecular flexibility index (Phi) is 2.09. The smallest absolute Gasteiger partial charge is 0.213 e. The molecule has 0 fully saturated rings. The third kappa shape index (κ3) is 1.65. The molecule has 1 aromatic carbocycles. The van der Waals surface area contributed by atoms with Crippen molar-refractivity contribution < 1.29 is 0 Å². The number of aromatic nitrogens is 3. The molecule has 0 aliphatic carbocycles. The van der Waals surface area contributed by atoms with E-state index in [0.717, 1.165) is 4.90 Å². The summed E-state index contributed by atoms with van der Waals surface area (Å²) in [6, 6.07) is 9.98. The van der Waals surface area contributed by atoms with Crippen LogP contribution in [0.4, 0.5) is 0 Å². The van der Waals surface area contributed by atoms with Crippen molar-refractivity contribution in [2.24, 2.45) is 0 Å². The van der Waals surface area contributed by atoms with Crippen molar-refractivity contribution in [3.8, 4) is 0 Å². The first kappa shape index (κ1) is 7.36. The van der Waals surface area contributed by atoms with E-state index in [4.69, 9.17) is 0 Å². The van der Waals surface area contributed by atoms with Gasteiger partial charge in [-0.05, 0) is 23.9 Å². The van der Waals surface area contributed by atoms with E-state index in [1.165, 1.54) is 11.8 Å². The molecule has 1 N–H and O–H groups in total. The summed E-state index contributed by atoms with van der Waals surface area (Å²) in [7, 11) is 0. The molecule has 3 nitrogen and oxygen atoms in total. The van der Waals surface area contributed by atoms with Crippen molar-refractivity contribution in [3.63, 3.8) is 0 Å². The second kappa shape index (κ2) is 3.40. The van der Waals surface area contributed by atoms with E-state index in [9.17, 15) is 0 Å². The summed E-state index contributed by atoms with van der Waals surface area (Å²) < 4.78 is 0. The predicted molar refractivity (Wildman–Crippen MR) is 45.8 cm³/mol. The van der Waals surface area contributed by atoms with Crippen LogP contribution in [0, 0.1) is 6.33 Å².